The summed E-state index contributed by atoms with van der Waals surface area (Å²) in [5.41, 5.74) is -0.00989. The second-order valence-electron chi connectivity index (χ2n) is 5.30. The average Bonchev–Trinajstić information content (AvgIpc) is 2.61. The average molecular weight is 240 g/mol. The second kappa shape index (κ2) is 6.00. The molecule has 98 valence electrons. The largest absolute Gasteiger partial charge is 0.407 e. The molecule has 17 heavy (non-hydrogen) atoms. The fourth-order valence-electron chi connectivity index (χ4n) is 1.64. The fraction of sp³-hybridized carbons (Fsp3) is 0.833. The maximum absolute atomic E-state index is 5.52. The molecule has 5 heteroatoms. The minimum atomic E-state index is -0.00989. The topological polar surface area (TPSA) is 63.0 Å². The van der Waals surface area contributed by atoms with Crippen LogP contribution >= 0.6 is 0 Å². The van der Waals surface area contributed by atoms with Gasteiger partial charge in [0.1, 0.15) is 0 Å². The summed E-state index contributed by atoms with van der Waals surface area (Å²) in [4.78, 5) is 0. The zero-order valence-electron chi connectivity index (χ0n) is 11.5. The molecule has 1 heterocycles. The Balaban J connectivity index is 2.50. The Hall–Kier alpha value is -1.10. The van der Waals surface area contributed by atoms with Gasteiger partial charge >= 0.3 is 6.01 Å². The molecule has 0 aliphatic heterocycles. The highest BCUT2D eigenvalue weighted by Gasteiger charge is 2.19. The Morgan fingerprint density at radius 3 is 2.59 bits per heavy atom. The van der Waals surface area contributed by atoms with Crippen molar-refractivity contribution < 1.29 is 4.42 Å². The third-order valence-electron chi connectivity index (χ3n) is 2.45. The molecule has 0 spiro atoms. The molecule has 1 rings (SSSR count). The summed E-state index contributed by atoms with van der Waals surface area (Å²) in [6.07, 6.45) is 2.19. The lowest BCUT2D eigenvalue weighted by molar-refractivity contribution is 0.436. The lowest BCUT2D eigenvalue weighted by atomic mass is 9.99. The number of aromatic nitrogens is 2. The van der Waals surface area contributed by atoms with Crippen molar-refractivity contribution in [3.05, 3.63) is 5.89 Å². The van der Waals surface area contributed by atoms with Crippen LogP contribution in [0.3, 0.4) is 0 Å². The number of hydrogen-bond donors (Lipinski definition) is 2. The van der Waals surface area contributed by atoms with Gasteiger partial charge in [0.2, 0.25) is 5.89 Å². The van der Waals surface area contributed by atoms with Crippen LogP contribution in [0.15, 0.2) is 4.42 Å². The maximum atomic E-state index is 5.52. The van der Waals surface area contributed by atoms with Crippen molar-refractivity contribution in [2.45, 2.75) is 65.6 Å². The first-order valence-electron chi connectivity index (χ1n) is 6.27. The van der Waals surface area contributed by atoms with E-state index in [0.29, 0.717) is 24.5 Å². The SMILES string of the molecule is CCCC(C)(C)Nc1nnc(CNC(C)C)o1. The smallest absolute Gasteiger partial charge is 0.315 e. The van der Waals surface area contributed by atoms with Crippen LogP contribution in [0.1, 0.15) is 53.4 Å². The van der Waals surface area contributed by atoms with E-state index in [1.807, 2.05) is 0 Å². The van der Waals surface area contributed by atoms with Gasteiger partial charge in [0.25, 0.3) is 0 Å². The predicted octanol–water partition coefficient (Wildman–Crippen LogP) is 2.56. The molecule has 0 bridgehead atoms. The number of nitrogens with one attached hydrogen (secondary N) is 2. The van der Waals surface area contributed by atoms with Crippen LogP contribution in [0.2, 0.25) is 0 Å². The van der Waals surface area contributed by atoms with Crippen molar-refractivity contribution in [1.82, 2.24) is 15.5 Å². The Kier molecular flexibility index (Phi) is 4.93. The molecule has 0 radical (unpaired) electrons. The van der Waals surface area contributed by atoms with Crippen molar-refractivity contribution >= 4 is 6.01 Å². The van der Waals surface area contributed by atoms with Gasteiger partial charge in [-0.05, 0) is 20.3 Å². The van der Waals surface area contributed by atoms with Gasteiger partial charge in [0, 0.05) is 11.6 Å². The molecule has 0 aliphatic carbocycles. The van der Waals surface area contributed by atoms with Gasteiger partial charge in [0.05, 0.1) is 6.54 Å². The summed E-state index contributed by atoms with van der Waals surface area (Å²) in [6, 6.07) is 0.916. The molecule has 0 atom stereocenters. The van der Waals surface area contributed by atoms with Gasteiger partial charge in [-0.2, -0.15) is 0 Å². The van der Waals surface area contributed by atoms with Gasteiger partial charge in [-0.15, -0.1) is 5.10 Å². The second-order valence-corrected chi connectivity index (χ2v) is 5.30. The summed E-state index contributed by atoms with van der Waals surface area (Å²) < 4.78 is 5.52. The molecular formula is C12H24N4O. The van der Waals surface area contributed by atoms with Gasteiger partial charge in [-0.25, -0.2) is 0 Å². The Morgan fingerprint density at radius 2 is 2.00 bits per heavy atom. The van der Waals surface area contributed by atoms with Gasteiger partial charge in [-0.1, -0.05) is 32.3 Å². The van der Waals surface area contributed by atoms with Crippen molar-refractivity contribution in [3.8, 4) is 0 Å². The van der Waals surface area contributed by atoms with E-state index in [-0.39, 0.29) is 5.54 Å². The number of anilines is 1. The van der Waals surface area contributed by atoms with E-state index >= 15 is 0 Å². The highest BCUT2D eigenvalue weighted by molar-refractivity contribution is 5.22. The third-order valence-corrected chi connectivity index (χ3v) is 2.45. The summed E-state index contributed by atoms with van der Waals surface area (Å²) in [5, 5.41) is 14.5. The van der Waals surface area contributed by atoms with Gasteiger partial charge in [-0.3, -0.25) is 0 Å². The Bertz CT molecular complexity index is 333. The maximum Gasteiger partial charge on any atom is 0.315 e. The van der Waals surface area contributed by atoms with E-state index in [0.717, 1.165) is 12.8 Å². The summed E-state index contributed by atoms with van der Waals surface area (Å²) in [7, 11) is 0. The minimum Gasteiger partial charge on any atom is -0.407 e. The summed E-state index contributed by atoms with van der Waals surface area (Å²) in [5.74, 6) is 0.619. The van der Waals surface area contributed by atoms with Gasteiger partial charge < -0.3 is 15.1 Å². The molecule has 0 amide bonds. The van der Waals surface area contributed by atoms with E-state index in [1.165, 1.54) is 0 Å². The predicted molar refractivity (Wildman–Crippen MR) is 68.9 cm³/mol. The molecule has 1 aromatic heterocycles. The van der Waals surface area contributed by atoms with Crippen LogP contribution in [0, 0.1) is 0 Å². The van der Waals surface area contributed by atoms with Gasteiger partial charge in [0.15, 0.2) is 0 Å². The van der Waals surface area contributed by atoms with E-state index in [1.54, 1.807) is 0 Å². The molecule has 0 fully saturated rings. The van der Waals surface area contributed by atoms with Crippen molar-refractivity contribution in [1.29, 1.82) is 0 Å². The van der Waals surface area contributed by atoms with Crippen LogP contribution in [0.5, 0.6) is 0 Å². The lowest BCUT2D eigenvalue weighted by Crippen LogP contribution is -2.30. The Labute approximate surface area is 103 Å². The molecular weight excluding hydrogens is 216 g/mol. The molecule has 0 aromatic carbocycles. The van der Waals surface area contributed by atoms with Crippen LogP contribution in [0.25, 0.3) is 0 Å². The first kappa shape index (κ1) is 14.0. The highest BCUT2D eigenvalue weighted by Crippen LogP contribution is 2.18. The standard InChI is InChI=1S/C12H24N4O/c1-6-7-12(4,5)14-11-16-15-10(17-11)8-13-9(2)3/h9,13H,6-8H2,1-5H3,(H,14,16). The molecule has 5 nitrogen and oxygen atoms in total. The quantitative estimate of drug-likeness (QED) is 0.767. The van der Waals surface area contributed by atoms with Crippen molar-refractivity contribution in [3.63, 3.8) is 0 Å². The summed E-state index contributed by atoms with van der Waals surface area (Å²) in [6.45, 7) is 11.2. The van der Waals surface area contributed by atoms with Crippen LogP contribution in [-0.2, 0) is 6.54 Å². The molecule has 0 aliphatic rings. The fourth-order valence-corrected chi connectivity index (χ4v) is 1.64. The van der Waals surface area contributed by atoms with E-state index < -0.39 is 0 Å². The van der Waals surface area contributed by atoms with Crippen molar-refractivity contribution in [2.24, 2.45) is 0 Å². The van der Waals surface area contributed by atoms with Crippen LogP contribution in [0.4, 0.5) is 6.01 Å². The van der Waals surface area contributed by atoms with Crippen LogP contribution < -0.4 is 10.6 Å². The third kappa shape index (κ3) is 5.17. The van der Waals surface area contributed by atoms with E-state index in [9.17, 15) is 0 Å². The van der Waals surface area contributed by atoms with Crippen LogP contribution in [-0.4, -0.2) is 21.8 Å². The molecule has 1 aromatic rings. The molecule has 0 unspecified atom stereocenters. The minimum absolute atomic E-state index is 0.00989. The van der Waals surface area contributed by atoms with Crippen molar-refractivity contribution in [2.75, 3.05) is 5.32 Å². The zero-order chi connectivity index (χ0) is 12.9. The lowest BCUT2D eigenvalue weighted by Gasteiger charge is -2.24. The first-order chi connectivity index (χ1) is 7.93. The van der Waals surface area contributed by atoms with E-state index in [4.69, 9.17) is 4.42 Å². The molecule has 0 saturated heterocycles. The normalized spacial score (nSPS) is 12.1. The first-order valence-corrected chi connectivity index (χ1v) is 6.27. The number of rotatable bonds is 7. The number of hydrogen-bond acceptors (Lipinski definition) is 5. The van der Waals surface area contributed by atoms with E-state index in [2.05, 4.69) is 55.4 Å². The monoisotopic (exact) mass is 240 g/mol. The Morgan fingerprint density at radius 1 is 1.29 bits per heavy atom. The summed E-state index contributed by atoms with van der Waals surface area (Å²) >= 11 is 0. The number of nitrogens with zero attached hydrogens (tertiary/aromatic N) is 2. The highest BCUT2D eigenvalue weighted by atomic mass is 16.4. The zero-order valence-corrected chi connectivity index (χ0v) is 11.5. The molecule has 2 N–H and O–H groups in total. The molecule has 0 saturated carbocycles.